The Hall–Kier alpha value is -2.61. The zero-order valence-corrected chi connectivity index (χ0v) is 15.8. The molecule has 8 heteroatoms. The van der Waals surface area contributed by atoms with Crippen LogP contribution in [0.1, 0.15) is 30.9 Å². The number of hydrogen-bond donors (Lipinski definition) is 1. The van der Waals surface area contributed by atoms with E-state index >= 15 is 0 Å². The second kappa shape index (κ2) is 9.76. The molecule has 0 saturated carbocycles. The Labute approximate surface area is 156 Å². The van der Waals surface area contributed by atoms with Crippen LogP contribution in [0.5, 0.6) is 5.75 Å². The summed E-state index contributed by atoms with van der Waals surface area (Å²) in [7, 11) is 1.25. The van der Waals surface area contributed by atoms with Crippen molar-refractivity contribution in [1.82, 2.24) is 5.32 Å². The van der Waals surface area contributed by atoms with Gasteiger partial charge >= 0.3 is 5.97 Å². The summed E-state index contributed by atoms with van der Waals surface area (Å²) in [5, 5.41) is 10.8. The van der Waals surface area contributed by atoms with E-state index in [9.17, 15) is 9.59 Å². The van der Waals surface area contributed by atoms with Crippen molar-refractivity contribution in [3.05, 3.63) is 40.3 Å². The fourth-order valence-corrected chi connectivity index (χ4v) is 2.77. The molecule has 1 heterocycles. The average Bonchev–Trinajstić information content (AvgIpc) is 2.96. The van der Waals surface area contributed by atoms with Gasteiger partial charge in [-0.25, -0.2) is 4.79 Å². The van der Waals surface area contributed by atoms with Crippen LogP contribution in [0.4, 0.5) is 0 Å². The summed E-state index contributed by atoms with van der Waals surface area (Å²) in [6.07, 6.45) is 4.82. The Balaban J connectivity index is 1.99. The summed E-state index contributed by atoms with van der Waals surface area (Å²) in [5.74, 6) is -0.138. The molecule has 1 amide bonds. The second-order valence-corrected chi connectivity index (χ2v) is 6.50. The number of unbranched alkanes of at least 4 members (excludes halogenated alkanes) is 1. The zero-order chi connectivity index (χ0) is 18.9. The highest BCUT2D eigenvalue weighted by molar-refractivity contribution is 8.18. The maximum Gasteiger partial charge on any atom is 0.331 e. The van der Waals surface area contributed by atoms with Crippen LogP contribution in [0.25, 0.3) is 0 Å². The maximum absolute atomic E-state index is 11.7. The summed E-state index contributed by atoms with van der Waals surface area (Å²) in [4.78, 5) is 23.1. The first-order valence-electron chi connectivity index (χ1n) is 8.16. The van der Waals surface area contributed by atoms with Crippen molar-refractivity contribution < 1.29 is 19.1 Å². The normalized spacial score (nSPS) is 17.1. The lowest BCUT2D eigenvalue weighted by Crippen LogP contribution is -2.19. The number of aryl methyl sites for hydroxylation is 1. The second-order valence-electron chi connectivity index (χ2n) is 5.46. The summed E-state index contributed by atoms with van der Waals surface area (Å²) in [5.41, 5.74) is 1.89. The third kappa shape index (κ3) is 5.73. The van der Waals surface area contributed by atoms with E-state index in [0.717, 1.165) is 47.6 Å². The van der Waals surface area contributed by atoms with E-state index < -0.39 is 11.9 Å². The van der Waals surface area contributed by atoms with Gasteiger partial charge in [0.1, 0.15) is 5.75 Å². The van der Waals surface area contributed by atoms with E-state index in [1.54, 1.807) is 6.21 Å². The van der Waals surface area contributed by atoms with Gasteiger partial charge in [-0.2, -0.15) is 5.10 Å². The number of amides is 1. The van der Waals surface area contributed by atoms with Gasteiger partial charge in [0.2, 0.25) is 0 Å². The van der Waals surface area contributed by atoms with Gasteiger partial charge in [0.15, 0.2) is 5.17 Å². The van der Waals surface area contributed by atoms with Crippen LogP contribution in [0, 0.1) is 6.92 Å². The van der Waals surface area contributed by atoms with E-state index in [0.29, 0.717) is 11.8 Å². The average molecular weight is 375 g/mol. The number of carbonyl (C=O) groups excluding carboxylic acids is 2. The monoisotopic (exact) mass is 375 g/mol. The molecule has 0 spiro atoms. The van der Waals surface area contributed by atoms with Crippen molar-refractivity contribution in [2.24, 2.45) is 10.2 Å². The lowest BCUT2D eigenvalue weighted by Gasteiger charge is -2.08. The Morgan fingerprint density at radius 2 is 2.19 bits per heavy atom. The number of carbonyl (C=O) groups is 2. The van der Waals surface area contributed by atoms with E-state index in [1.807, 2.05) is 25.1 Å². The number of benzene rings is 1. The van der Waals surface area contributed by atoms with E-state index in [-0.39, 0.29) is 4.91 Å². The van der Waals surface area contributed by atoms with Crippen LogP contribution < -0.4 is 10.1 Å². The number of rotatable bonds is 7. The van der Waals surface area contributed by atoms with Crippen LogP contribution in [-0.4, -0.2) is 37.0 Å². The summed E-state index contributed by atoms with van der Waals surface area (Å²) < 4.78 is 10.2. The number of esters is 1. The predicted octanol–water partition coefficient (Wildman–Crippen LogP) is 2.78. The minimum Gasteiger partial charge on any atom is -0.493 e. The molecular formula is C18H21N3O4S. The number of amidine groups is 1. The number of hydrogen-bond acceptors (Lipinski definition) is 7. The highest BCUT2D eigenvalue weighted by Crippen LogP contribution is 2.23. The summed E-state index contributed by atoms with van der Waals surface area (Å²) >= 11 is 1.03. The van der Waals surface area contributed by atoms with Crippen molar-refractivity contribution in [1.29, 1.82) is 0 Å². The quantitative estimate of drug-likeness (QED) is 0.260. The number of ether oxygens (including phenoxy) is 2. The molecule has 7 nitrogen and oxygen atoms in total. The van der Waals surface area contributed by atoms with Crippen LogP contribution in [-0.2, 0) is 14.3 Å². The van der Waals surface area contributed by atoms with Gasteiger partial charge in [0.25, 0.3) is 5.91 Å². The van der Waals surface area contributed by atoms with Crippen LogP contribution in [0.15, 0.2) is 39.4 Å². The third-order valence-corrected chi connectivity index (χ3v) is 4.31. The molecule has 1 aliphatic heterocycles. The molecular weight excluding hydrogens is 354 g/mol. The Morgan fingerprint density at radius 3 is 2.88 bits per heavy atom. The largest absolute Gasteiger partial charge is 0.493 e. The van der Waals surface area contributed by atoms with Gasteiger partial charge in [0.05, 0.1) is 24.8 Å². The molecule has 26 heavy (non-hydrogen) atoms. The molecule has 0 bridgehead atoms. The third-order valence-electron chi connectivity index (χ3n) is 3.41. The van der Waals surface area contributed by atoms with Gasteiger partial charge in [-0.05, 0) is 54.4 Å². The molecule has 0 aromatic heterocycles. The summed E-state index contributed by atoms with van der Waals surface area (Å²) in [6.45, 7) is 4.80. The molecule has 1 aromatic carbocycles. The van der Waals surface area contributed by atoms with Gasteiger partial charge in [0, 0.05) is 6.08 Å². The highest BCUT2D eigenvalue weighted by atomic mass is 32.2. The molecule has 1 aromatic rings. The van der Waals surface area contributed by atoms with E-state index in [1.165, 1.54) is 7.11 Å². The van der Waals surface area contributed by atoms with Gasteiger partial charge in [-0.15, -0.1) is 5.10 Å². The molecule has 0 atom stereocenters. The van der Waals surface area contributed by atoms with Gasteiger partial charge < -0.3 is 9.47 Å². The molecule has 2 rings (SSSR count). The number of methoxy groups -OCH3 is 1. The van der Waals surface area contributed by atoms with Crippen molar-refractivity contribution in [3.63, 3.8) is 0 Å². The lowest BCUT2D eigenvalue weighted by atomic mass is 10.1. The molecule has 1 saturated heterocycles. The minimum absolute atomic E-state index is 0.218. The van der Waals surface area contributed by atoms with Crippen molar-refractivity contribution in [3.8, 4) is 5.75 Å². The minimum atomic E-state index is -0.593. The molecule has 1 fully saturated rings. The number of nitrogens with one attached hydrogen (secondary N) is 1. The molecule has 0 aliphatic carbocycles. The fourth-order valence-electron chi connectivity index (χ4n) is 2.03. The van der Waals surface area contributed by atoms with Crippen LogP contribution >= 0.6 is 11.8 Å². The van der Waals surface area contributed by atoms with E-state index in [4.69, 9.17) is 4.74 Å². The molecule has 138 valence electrons. The summed E-state index contributed by atoms with van der Waals surface area (Å²) in [6, 6.07) is 5.75. The first-order valence-corrected chi connectivity index (χ1v) is 8.98. The Bertz CT molecular complexity index is 772. The molecule has 0 radical (unpaired) electrons. The van der Waals surface area contributed by atoms with Gasteiger partial charge in [-0.3, -0.25) is 10.1 Å². The zero-order valence-electron chi connectivity index (χ0n) is 14.9. The van der Waals surface area contributed by atoms with E-state index in [2.05, 4.69) is 27.2 Å². The van der Waals surface area contributed by atoms with Gasteiger partial charge in [-0.1, -0.05) is 13.3 Å². The highest BCUT2D eigenvalue weighted by Gasteiger charge is 2.24. The predicted molar refractivity (Wildman–Crippen MR) is 102 cm³/mol. The molecule has 0 unspecified atom stereocenters. The molecule has 1 aliphatic rings. The maximum atomic E-state index is 11.7. The van der Waals surface area contributed by atoms with Crippen LogP contribution in [0.2, 0.25) is 0 Å². The first-order chi connectivity index (χ1) is 12.5. The van der Waals surface area contributed by atoms with Crippen LogP contribution in [0.3, 0.4) is 0 Å². The smallest absolute Gasteiger partial charge is 0.331 e. The topological polar surface area (TPSA) is 89.4 Å². The Morgan fingerprint density at radius 1 is 1.38 bits per heavy atom. The molecule has 1 N–H and O–H groups in total. The van der Waals surface area contributed by atoms with Crippen molar-refractivity contribution in [2.45, 2.75) is 26.7 Å². The Kier molecular flexibility index (Phi) is 7.40. The van der Waals surface area contributed by atoms with Crippen molar-refractivity contribution >= 4 is 35.0 Å². The standard InChI is InChI=1S/C18H21N3O4S/c1-4-5-8-25-14-7-6-13(9-12(14)2)11-19-21-18-20-17(23)15(26-18)10-16(22)24-3/h6-7,9-11H,4-5,8H2,1-3H3,(H,20,21,23)/b15-10+,19-11?. The fraction of sp³-hybridized carbons (Fsp3) is 0.333. The first kappa shape index (κ1) is 19.7. The van der Waals surface area contributed by atoms with Crippen molar-refractivity contribution in [2.75, 3.05) is 13.7 Å². The number of nitrogens with zero attached hydrogens (tertiary/aromatic N) is 2. The SMILES string of the molecule is CCCCOc1ccc(C=N/N=C2/NC(=O)/C(=C\C(=O)OC)S2)cc1C. The lowest BCUT2D eigenvalue weighted by molar-refractivity contribution is -0.135. The number of thioether (sulfide) groups is 1.